The minimum Gasteiger partial charge on any atom is -0.335 e. The molecule has 0 bridgehead atoms. The van der Waals surface area contributed by atoms with Gasteiger partial charge in [0.2, 0.25) is 15.9 Å². The largest absolute Gasteiger partial charge is 0.335 e. The first-order chi connectivity index (χ1) is 12.8. The van der Waals surface area contributed by atoms with Crippen molar-refractivity contribution in [2.24, 2.45) is 0 Å². The van der Waals surface area contributed by atoms with E-state index >= 15 is 0 Å². The number of likely N-dealkylation sites (tertiary alicyclic amines) is 1. The van der Waals surface area contributed by atoms with E-state index in [1.54, 1.807) is 0 Å². The lowest BCUT2D eigenvalue weighted by atomic mass is 10.1. The van der Waals surface area contributed by atoms with Crippen LogP contribution < -0.4 is 15.4 Å². The zero-order chi connectivity index (χ0) is 19.4. The molecule has 0 unspecified atom stereocenters. The number of nitrogens with one attached hydrogen (secondary N) is 3. The molecule has 0 radical (unpaired) electrons. The van der Waals surface area contributed by atoms with E-state index < -0.39 is 16.1 Å². The number of nitrogens with zero attached hydrogens (tertiary/aromatic N) is 1. The lowest BCUT2D eigenvalue weighted by Gasteiger charge is -2.31. The van der Waals surface area contributed by atoms with Crippen molar-refractivity contribution >= 4 is 33.6 Å². The zero-order valence-corrected chi connectivity index (χ0v) is 16.4. The Hall–Kier alpha value is -1.68. The second kappa shape index (κ2) is 8.55. The van der Waals surface area contributed by atoms with E-state index in [4.69, 9.17) is 11.6 Å². The van der Waals surface area contributed by atoms with Gasteiger partial charge in [-0.15, -0.1) is 0 Å². The number of hydrogen-bond donors (Lipinski definition) is 3. The molecule has 1 aliphatic carbocycles. The molecule has 2 aliphatic rings. The van der Waals surface area contributed by atoms with Crippen molar-refractivity contribution in [3.05, 3.63) is 29.3 Å². The molecule has 1 saturated carbocycles. The molecule has 3 N–H and O–H groups in total. The summed E-state index contributed by atoms with van der Waals surface area (Å²) in [7, 11) is -3.60. The van der Waals surface area contributed by atoms with Crippen molar-refractivity contribution in [1.82, 2.24) is 20.3 Å². The molecule has 0 aromatic heterocycles. The van der Waals surface area contributed by atoms with E-state index in [0.717, 1.165) is 12.8 Å². The normalized spacial score (nSPS) is 18.9. The van der Waals surface area contributed by atoms with Crippen molar-refractivity contribution in [2.45, 2.75) is 42.7 Å². The maximum absolute atomic E-state index is 12.4. The summed E-state index contributed by atoms with van der Waals surface area (Å²) in [6.45, 7) is 1.27. The van der Waals surface area contributed by atoms with Gasteiger partial charge in [0.25, 0.3) is 0 Å². The highest BCUT2D eigenvalue weighted by molar-refractivity contribution is 7.89. The Balaban J connectivity index is 1.42. The Kier molecular flexibility index (Phi) is 6.36. The predicted octanol–water partition coefficient (Wildman–Crippen LogP) is 1.07. The number of carbonyl (C=O) groups is 2. The van der Waals surface area contributed by atoms with Crippen molar-refractivity contribution in [3.63, 3.8) is 0 Å². The van der Waals surface area contributed by atoms with Gasteiger partial charge >= 0.3 is 6.03 Å². The summed E-state index contributed by atoms with van der Waals surface area (Å²) in [6, 6.07) is 5.57. The SMILES string of the molecule is O=C(CN1CCC(NS(=O)(=O)c2ccc(Cl)cc2)CC1)NC(=O)NC1CC1. The first-order valence-electron chi connectivity index (χ1n) is 8.92. The maximum atomic E-state index is 12.4. The van der Waals surface area contributed by atoms with E-state index in [9.17, 15) is 18.0 Å². The average Bonchev–Trinajstić information content (AvgIpc) is 3.40. The van der Waals surface area contributed by atoms with Crippen LogP contribution in [0.1, 0.15) is 25.7 Å². The van der Waals surface area contributed by atoms with Crippen LogP contribution >= 0.6 is 11.6 Å². The van der Waals surface area contributed by atoms with Gasteiger partial charge in [-0.3, -0.25) is 15.0 Å². The number of carbonyl (C=O) groups excluding carboxylic acids is 2. The van der Waals surface area contributed by atoms with Crippen LogP contribution in [-0.4, -0.2) is 57.0 Å². The first-order valence-corrected chi connectivity index (χ1v) is 10.8. The van der Waals surface area contributed by atoms with Gasteiger partial charge in [-0.1, -0.05) is 11.6 Å². The number of urea groups is 1. The number of rotatable bonds is 6. The molecule has 0 spiro atoms. The van der Waals surface area contributed by atoms with Crippen LogP contribution in [0.4, 0.5) is 4.79 Å². The lowest BCUT2D eigenvalue weighted by Crippen LogP contribution is -2.49. The van der Waals surface area contributed by atoms with Gasteiger partial charge in [0, 0.05) is 30.2 Å². The highest BCUT2D eigenvalue weighted by Gasteiger charge is 2.27. The van der Waals surface area contributed by atoms with Crippen LogP contribution in [0.2, 0.25) is 5.02 Å². The number of piperidine rings is 1. The topological polar surface area (TPSA) is 108 Å². The number of imide groups is 1. The van der Waals surface area contributed by atoms with Gasteiger partial charge < -0.3 is 5.32 Å². The van der Waals surface area contributed by atoms with Crippen LogP contribution in [-0.2, 0) is 14.8 Å². The van der Waals surface area contributed by atoms with Crippen molar-refractivity contribution in [2.75, 3.05) is 19.6 Å². The van der Waals surface area contributed by atoms with Gasteiger partial charge in [0.1, 0.15) is 0 Å². The molecule has 2 fully saturated rings. The Bertz CT molecular complexity index is 788. The predicted molar refractivity (Wildman–Crippen MR) is 101 cm³/mol. The average molecular weight is 415 g/mol. The van der Waals surface area contributed by atoms with E-state index in [0.29, 0.717) is 31.0 Å². The number of benzene rings is 1. The Morgan fingerprint density at radius 1 is 1.04 bits per heavy atom. The number of amides is 3. The van der Waals surface area contributed by atoms with Crippen molar-refractivity contribution < 1.29 is 18.0 Å². The fourth-order valence-corrected chi connectivity index (χ4v) is 4.36. The van der Waals surface area contributed by atoms with E-state index in [-0.39, 0.29) is 29.4 Å². The van der Waals surface area contributed by atoms with E-state index in [1.165, 1.54) is 24.3 Å². The van der Waals surface area contributed by atoms with Crippen LogP contribution in [0.3, 0.4) is 0 Å². The Morgan fingerprint density at radius 2 is 1.67 bits per heavy atom. The molecule has 27 heavy (non-hydrogen) atoms. The Morgan fingerprint density at radius 3 is 2.26 bits per heavy atom. The lowest BCUT2D eigenvalue weighted by molar-refractivity contribution is -0.121. The van der Waals surface area contributed by atoms with Gasteiger partial charge in [0.15, 0.2) is 0 Å². The van der Waals surface area contributed by atoms with Gasteiger partial charge in [-0.25, -0.2) is 17.9 Å². The Labute approximate surface area is 163 Å². The molecular weight excluding hydrogens is 392 g/mol. The standard InChI is InChI=1S/C17H23ClN4O4S/c18-12-1-5-15(6-2-12)27(25,26)21-14-7-9-22(10-8-14)11-16(23)20-17(24)19-13-3-4-13/h1-2,5-6,13-14,21H,3-4,7-11H2,(H2,19,20,23,24). The second-order valence-corrected chi connectivity index (χ2v) is 9.07. The summed E-state index contributed by atoms with van der Waals surface area (Å²) in [5.41, 5.74) is 0. The zero-order valence-electron chi connectivity index (χ0n) is 14.8. The third-order valence-corrected chi connectivity index (χ3v) is 6.35. The highest BCUT2D eigenvalue weighted by Crippen LogP contribution is 2.18. The monoisotopic (exact) mass is 414 g/mol. The van der Waals surface area contributed by atoms with Crippen LogP contribution in [0.15, 0.2) is 29.2 Å². The van der Waals surface area contributed by atoms with Crippen LogP contribution in [0.5, 0.6) is 0 Å². The molecule has 3 amide bonds. The molecule has 1 heterocycles. The van der Waals surface area contributed by atoms with E-state index in [2.05, 4.69) is 15.4 Å². The van der Waals surface area contributed by atoms with Gasteiger partial charge in [-0.05, 0) is 49.9 Å². The number of halogens is 1. The molecule has 148 valence electrons. The third-order valence-electron chi connectivity index (χ3n) is 4.57. The first kappa shape index (κ1) is 20.1. The highest BCUT2D eigenvalue weighted by atomic mass is 35.5. The fourth-order valence-electron chi connectivity index (χ4n) is 2.93. The fraction of sp³-hybridized carbons (Fsp3) is 0.529. The number of sulfonamides is 1. The minimum atomic E-state index is -3.60. The summed E-state index contributed by atoms with van der Waals surface area (Å²) in [5.74, 6) is -0.353. The molecule has 0 atom stereocenters. The summed E-state index contributed by atoms with van der Waals surface area (Å²) in [4.78, 5) is 25.6. The summed E-state index contributed by atoms with van der Waals surface area (Å²) >= 11 is 5.79. The van der Waals surface area contributed by atoms with Crippen LogP contribution in [0, 0.1) is 0 Å². The third kappa shape index (κ3) is 6.17. The summed E-state index contributed by atoms with van der Waals surface area (Å²) < 4.78 is 27.5. The molecule has 1 saturated heterocycles. The number of hydrogen-bond acceptors (Lipinski definition) is 5. The van der Waals surface area contributed by atoms with Gasteiger partial charge in [-0.2, -0.15) is 0 Å². The van der Waals surface area contributed by atoms with Crippen molar-refractivity contribution in [3.8, 4) is 0 Å². The molecule has 10 heteroatoms. The summed E-state index contributed by atoms with van der Waals surface area (Å²) in [5, 5.41) is 5.50. The molecule has 8 nitrogen and oxygen atoms in total. The summed E-state index contributed by atoms with van der Waals surface area (Å²) in [6.07, 6.45) is 3.10. The molecule has 1 aromatic rings. The molecule has 1 aromatic carbocycles. The second-order valence-electron chi connectivity index (χ2n) is 6.92. The van der Waals surface area contributed by atoms with E-state index in [1.807, 2.05) is 4.90 Å². The molecular formula is C17H23ClN4O4S. The quantitative estimate of drug-likeness (QED) is 0.645. The smallest absolute Gasteiger partial charge is 0.321 e. The minimum absolute atomic E-state index is 0.120. The van der Waals surface area contributed by atoms with Gasteiger partial charge in [0.05, 0.1) is 11.4 Å². The maximum Gasteiger partial charge on any atom is 0.321 e. The van der Waals surface area contributed by atoms with Crippen LogP contribution in [0.25, 0.3) is 0 Å². The molecule has 3 rings (SSSR count). The molecule has 1 aliphatic heterocycles. The van der Waals surface area contributed by atoms with Crippen molar-refractivity contribution in [1.29, 1.82) is 0 Å².